The molecule has 0 rings (SSSR count). The van der Waals surface area contributed by atoms with Gasteiger partial charge >= 0.3 is 5.97 Å². The van der Waals surface area contributed by atoms with E-state index >= 15 is 0 Å². The number of nitrogens with zero attached hydrogens (tertiary/aromatic N) is 1. The van der Waals surface area contributed by atoms with Gasteiger partial charge in [0.2, 0.25) is 0 Å². The van der Waals surface area contributed by atoms with Gasteiger partial charge in [0.1, 0.15) is 31.5 Å². The van der Waals surface area contributed by atoms with Crippen LogP contribution in [0.15, 0.2) is 0 Å². The van der Waals surface area contributed by atoms with Crippen molar-refractivity contribution in [3.8, 4) is 0 Å². The molecule has 0 aromatic rings. The molecular weight excluding hydrogens is 501 g/mol. The molecule has 2 atom stereocenters. The van der Waals surface area contributed by atoms with E-state index in [9.17, 15) is 9.59 Å². The highest BCUT2D eigenvalue weighted by Crippen LogP contribution is 2.16. The number of carbonyl (C=O) groups excluding carboxylic acids is 2. The summed E-state index contributed by atoms with van der Waals surface area (Å²) in [5.74, 6) is -0.749. The van der Waals surface area contributed by atoms with Crippen molar-refractivity contribution >= 4 is 20.8 Å². The Morgan fingerprint density at radius 1 is 0.684 bits per heavy atom. The maximum Gasteiger partial charge on any atom is 0.313 e. The predicted molar refractivity (Wildman–Crippen MR) is 159 cm³/mol. The number of ether oxygens (including phenoxy) is 2. The molecule has 2 unspecified atom stereocenters. The van der Waals surface area contributed by atoms with E-state index in [1.807, 2.05) is 0 Å². The van der Waals surface area contributed by atoms with E-state index in [-0.39, 0.29) is 34.5 Å². The number of rotatable bonds is 29. The minimum Gasteiger partial charge on any atom is -0.457 e. The van der Waals surface area contributed by atoms with Gasteiger partial charge in [-0.1, -0.05) is 103 Å². The lowest BCUT2D eigenvalue weighted by Gasteiger charge is -2.23. The molecule has 7 nitrogen and oxygen atoms in total. The summed E-state index contributed by atoms with van der Waals surface area (Å²) in [6, 6.07) is 0. The van der Waals surface area contributed by atoms with Crippen molar-refractivity contribution in [1.29, 1.82) is 0 Å². The minimum atomic E-state index is -0.536. The Balaban J connectivity index is 3.74. The summed E-state index contributed by atoms with van der Waals surface area (Å²) in [5.41, 5.74) is 0. The second kappa shape index (κ2) is 26.6. The molecular formula is C30H61NO6P+. The van der Waals surface area contributed by atoms with Crippen LogP contribution in [0.4, 0.5) is 0 Å². The van der Waals surface area contributed by atoms with Crippen LogP contribution in [0.1, 0.15) is 123 Å². The monoisotopic (exact) mass is 562 g/mol. The number of likely N-dealkylation sites (N-methyl/N-ethyl adjacent to an activating group) is 1. The zero-order valence-electron chi connectivity index (χ0n) is 25.5. The lowest BCUT2D eigenvalue weighted by atomic mass is 10.0. The van der Waals surface area contributed by atoms with Crippen LogP contribution in [-0.2, 0) is 28.1 Å². The molecule has 0 amide bonds. The van der Waals surface area contributed by atoms with Crippen molar-refractivity contribution < 1.29 is 32.6 Å². The number of esters is 1. The summed E-state index contributed by atoms with van der Waals surface area (Å²) in [4.78, 5) is 23.1. The van der Waals surface area contributed by atoms with Crippen molar-refractivity contribution in [1.82, 2.24) is 0 Å². The average molecular weight is 563 g/mol. The van der Waals surface area contributed by atoms with Crippen LogP contribution in [0.2, 0.25) is 0 Å². The lowest BCUT2D eigenvalue weighted by Crippen LogP contribution is -2.37. The van der Waals surface area contributed by atoms with Crippen LogP contribution in [0.5, 0.6) is 0 Å². The van der Waals surface area contributed by atoms with E-state index in [1.54, 1.807) is 0 Å². The molecule has 0 aliphatic carbocycles. The van der Waals surface area contributed by atoms with Crippen LogP contribution in [-0.4, -0.2) is 76.5 Å². The molecule has 0 saturated heterocycles. The summed E-state index contributed by atoms with van der Waals surface area (Å²) in [7, 11) is 6.20. The number of quaternary nitrogens is 1. The van der Waals surface area contributed by atoms with E-state index in [4.69, 9.17) is 18.5 Å². The van der Waals surface area contributed by atoms with Gasteiger partial charge in [0.05, 0.1) is 34.4 Å². The summed E-state index contributed by atoms with van der Waals surface area (Å²) in [5, 5.41) is 0. The first-order chi connectivity index (χ1) is 18.2. The number of carbonyl (C=O) groups is 2. The van der Waals surface area contributed by atoms with Gasteiger partial charge in [-0.25, -0.2) is 0 Å². The Morgan fingerprint density at radius 2 is 1.18 bits per heavy atom. The molecule has 0 saturated carbocycles. The molecule has 0 N–H and O–H groups in total. The average Bonchev–Trinajstić information content (AvgIpc) is 2.84. The second-order valence-electron chi connectivity index (χ2n) is 11.6. The van der Waals surface area contributed by atoms with Gasteiger partial charge in [0.15, 0.2) is 9.03 Å². The van der Waals surface area contributed by atoms with Crippen molar-refractivity contribution in [3.05, 3.63) is 0 Å². The van der Waals surface area contributed by atoms with Crippen LogP contribution in [0.25, 0.3) is 0 Å². The molecule has 0 aliphatic heterocycles. The maximum absolute atomic E-state index is 11.9. The van der Waals surface area contributed by atoms with Crippen LogP contribution >= 0.6 is 9.03 Å². The van der Waals surface area contributed by atoms with Gasteiger partial charge in [-0.05, 0) is 13.3 Å². The number of hydrogen-bond acceptors (Lipinski definition) is 6. The van der Waals surface area contributed by atoms with E-state index < -0.39 is 12.1 Å². The Hall–Kier alpha value is -0.590. The molecule has 0 heterocycles. The maximum atomic E-state index is 11.9. The molecule has 0 aromatic heterocycles. The van der Waals surface area contributed by atoms with Gasteiger partial charge < -0.3 is 23.0 Å². The largest absolute Gasteiger partial charge is 0.457 e. The Morgan fingerprint density at radius 3 is 1.66 bits per heavy atom. The summed E-state index contributed by atoms with van der Waals surface area (Å²) >= 11 is 0. The van der Waals surface area contributed by atoms with Crippen molar-refractivity contribution in [3.63, 3.8) is 0 Å². The third-order valence-corrected chi connectivity index (χ3v) is 7.00. The standard InChI is InChI=1S/C30H61NO6P/c1-6-7-8-9-10-11-12-13-14-15-16-17-18-19-20-21-23-34-26-29(37-30(33)25-28(2)32)27-36-38-35-24-22-31(3,4)5/h29,38H,6-27H2,1-5H3/q+1. The molecule has 8 heteroatoms. The second-order valence-corrected chi connectivity index (χ2v) is 12.4. The quantitative estimate of drug-likeness (QED) is 0.0311. The number of ketones is 1. The van der Waals surface area contributed by atoms with E-state index in [0.29, 0.717) is 13.2 Å². The highest BCUT2D eigenvalue weighted by molar-refractivity contribution is 7.26. The normalized spacial score (nSPS) is 12.9. The summed E-state index contributed by atoms with van der Waals surface area (Å²) in [6.07, 6.45) is 20.7. The van der Waals surface area contributed by atoms with Crippen molar-refractivity contribution in [2.24, 2.45) is 0 Å². The topological polar surface area (TPSA) is 71.1 Å². The van der Waals surface area contributed by atoms with Gasteiger partial charge in [-0.2, -0.15) is 0 Å². The third kappa shape index (κ3) is 30.0. The zero-order valence-corrected chi connectivity index (χ0v) is 26.5. The zero-order chi connectivity index (χ0) is 28.3. The molecule has 0 fully saturated rings. The first-order valence-electron chi connectivity index (χ1n) is 15.3. The van der Waals surface area contributed by atoms with Crippen LogP contribution in [0.3, 0.4) is 0 Å². The molecule has 0 aliphatic rings. The fourth-order valence-electron chi connectivity index (χ4n) is 4.04. The van der Waals surface area contributed by atoms with Gasteiger partial charge in [-0.15, -0.1) is 0 Å². The predicted octanol–water partition coefficient (Wildman–Crippen LogP) is 7.40. The Labute approximate surface area is 236 Å². The van der Waals surface area contributed by atoms with E-state index in [1.165, 1.54) is 96.8 Å². The van der Waals surface area contributed by atoms with Gasteiger partial charge in [-0.3, -0.25) is 9.59 Å². The van der Waals surface area contributed by atoms with Gasteiger partial charge in [0.25, 0.3) is 0 Å². The summed E-state index contributed by atoms with van der Waals surface area (Å²) in [6.45, 7) is 6.25. The first kappa shape index (κ1) is 37.4. The molecule has 0 aromatic carbocycles. The Kier molecular flexibility index (Phi) is 26.2. The molecule has 0 spiro atoms. The lowest BCUT2D eigenvalue weighted by molar-refractivity contribution is -0.870. The highest BCUT2D eigenvalue weighted by atomic mass is 31.1. The Bertz CT molecular complexity index is 555. The highest BCUT2D eigenvalue weighted by Gasteiger charge is 2.17. The van der Waals surface area contributed by atoms with E-state index in [2.05, 4.69) is 28.1 Å². The van der Waals surface area contributed by atoms with Crippen LogP contribution < -0.4 is 0 Å². The molecule has 226 valence electrons. The third-order valence-electron chi connectivity index (χ3n) is 6.39. The van der Waals surface area contributed by atoms with E-state index in [0.717, 1.165) is 23.9 Å². The molecule has 0 radical (unpaired) electrons. The number of hydrogen-bond donors (Lipinski definition) is 0. The van der Waals surface area contributed by atoms with Crippen molar-refractivity contribution in [2.75, 3.05) is 54.1 Å². The molecule has 38 heavy (non-hydrogen) atoms. The fourth-order valence-corrected chi connectivity index (χ4v) is 4.56. The van der Waals surface area contributed by atoms with Gasteiger partial charge in [0, 0.05) is 6.61 Å². The number of Topliss-reactive ketones (excluding diaryl/α,β-unsaturated/α-hetero) is 1. The van der Waals surface area contributed by atoms with Crippen LogP contribution in [0, 0.1) is 0 Å². The first-order valence-corrected chi connectivity index (χ1v) is 16.1. The van der Waals surface area contributed by atoms with Crippen molar-refractivity contribution in [2.45, 2.75) is 129 Å². The fraction of sp³-hybridized carbons (Fsp3) is 0.933. The summed E-state index contributed by atoms with van der Waals surface area (Å²) < 4.78 is 23.1. The smallest absolute Gasteiger partial charge is 0.313 e. The number of unbranched alkanes of at least 4 members (excludes halogenated alkanes) is 15. The SMILES string of the molecule is CCCCCCCCCCCCCCCCCCOCC(COPOCC[N+](C)(C)C)OC(=O)CC(C)=O. The molecule has 0 bridgehead atoms. The minimum absolute atomic E-state index is 0.117.